The zero-order chi connectivity index (χ0) is 17.2. The molecule has 0 aliphatic carbocycles. The van der Waals surface area contributed by atoms with Crippen LogP contribution in [0.2, 0.25) is 0 Å². The lowest BCUT2D eigenvalue weighted by molar-refractivity contribution is -0.132. The number of nitrogens with zero attached hydrogens (tertiary/aromatic N) is 2. The Hall–Kier alpha value is -2.35. The van der Waals surface area contributed by atoms with E-state index in [1.54, 1.807) is 31.2 Å². The second kappa shape index (κ2) is 6.41. The smallest absolute Gasteiger partial charge is 0.308 e. The number of thioether (sulfide) groups is 1. The molecule has 8 heteroatoms. The van der Waals surface area contributed by atoms with Gasteiger partial charge < -0.3 is 10.1 Å². The largest absolute Gasteiger partial charge is 0.426 e. The van der Waals surface area contributed by atoms with Crippen LogP contribution >= 0.6 is 11.8 Å². The number of rotatable bonds is 2. The van der Waals surface area contributed by atoms with Crippen molar-refractivity contribution in [2.75, 3.05) is 0 Å². The molecule has 0 saturated heterocycles. The molecule has 1 aromatic carbocycles. The summed E-state index contributed by atoms with van der Waals surface area (Å²) in [6.07, 6.45) is 0. The maximum atomic E-state index is 12.0. The first-order valence-electron chi connectivity index (χ1n) is 6.88. The summed E-state index contributed by atoms with van der Waals surface area (Å²) in [7, 11) is 0. The minimum atomic E-state index is -0.935. The van der Waals surface area contributed by atoms with Gasteiger partial charge in [-0.05, 0) is 13.0 Å². The summed E-state index contributed by atoms with van der Waals surface area (Å²) in [5.41, 5.74) is 0.611. The number of esters is 1. The van der Waals surface area contributed by atoms with Crippen LogP contribution < -0.4 is 10.1 Å². The fourth-order valence-corrected chi connectivity index (χ4v) is 3.50. The van der Waals surface area contributed by atoms with E-state index in [9.17, 15) is 14.4 Å². The van der Waals surface area contributed by atoms with E-state index < -0.39 is 10.8 Å². The third kappa shape index (κ3) is 3.53. The number of carbonyl (C=O) groups excluding carboxylic acids is 3. The number of amidine groups is 1. The molecule has 7 nitrogen and oxygen atoms in total. The molecule has 1 aliphatic rings. The van der Waals surface area contributed by atoms with Crippen molar-refractivity contribution >= 4 is 34.7 Å². The highest BCUT2D eigenvalue weighted by atomic mass is 32.2. The molecule has 0 spiro atoms. The molecule has 1 heterocycles. The zero-order valence-corrected chi connectivity index (χ0v) is 14.1. The van der Waals surface area contributed by atoms with Crippen molar-refractivity contribution in [3.05, 3.63) is 29.8 Å². The summed E-state index contributed by atoms with van der Waals surface area (Å²) in [5, 5.41) is 8.33. The predicted molar refractivity (Wildman–Crippen MR) is 86.5 cm³/mol. The highest BCUT2D eigenvalue weighted by Gasteiger charge is 2.45. The Bertz CT molecular complexity index is 704. The lowest BCUT2D eigenvalue weighted by atomic mass is 10.1. The second-order valence-corrected chi connectivity index (χ2v) is 6.48. The van der Waals surface area contributed by atoms with Crippen molar-refractivity contribution in [2.24, 2.45) is 5.10 Å². The molecular formula is C15H17N3O4S. The fraction of sp³-hybridized carbons (Fsp3) is 0.333. The van der Waals surface area contributed by atoms with Crippen LogP contribution in [-0.2, 0) is 19.3 Å². The van der Waals surface area contributed by atoms with Gasteiger partial charge >= 0.3 is 5.97 Å². The van der Waals surface area contributed by atoms with Crippen molar-refractivity contribution in [3.63, 3.8) is 0 Å². The summed E-state index contributed by atoms with van der Waals surface area (Å²) in [5.74, 6) is -0.683. The minimum absolute atomic E-state index is 0.280. The van der Waals surface area contributed by atoms with E-state index in [0.29, 0.717) is 16.5 Å². The summed E-state index contributed by atoms with van der Waals surface area (Å²) >= 11 is 1.20. The summed E-state index contributed by atoms with van der Waals surface area (Å²) in [6, 6.07) is 6.92. The number of hydrazone groups is 1. The molecule has 2 rings (SSSR count). The summed E-state index contributed by atoms with van der Waals surface area (Å²) in [6.45, 7) is 5.83. The van der Waals surface area contributed by atoms with E-state index in [1.807, 2.05) is 0 Å². The molecule has 0 bridgehead atoms. The van der Waals surface area contributed by atoms with E-state index in [-0.39, 0.29) is 11.8 Å². The van der Waals surface area contributed by atoms with Crippen LogP contribution in [0.25, 0.3) is 0 Å². The zero-order valence-electron chi connectivity index (χ0n) is 13.2. The van der Waals surface area contributed by atoms with Crippen molar-refractivity contribution in [3.8, 4) is 5.75 Å². The van der Waals surface area contributed by atoms with E-state index in [1.165, 1.54) is 37.5 Å². The van der Waals surface area contributed by atoms with Crippen LogP contribution in [0.5, 0.6) is 5.75 Å². The molecule has 1 aromatic rings. The van der Waals surface area contributed by atoms with Crippen LogP contribution in [0.4, 0.5) is 0 Å². The molecular weight excluding hydrogens is 318 g/mol. The molecule has 2 amide bonds. The molecule has 122 valence electrons. The Morgan fingerprint density at radius 3 is 2.43 bits per heavy atom. The molecule has 1 aliphatic heterocycles. The lowest BCUT2D eigenvalue weighted by Crippen LogP contribution is -2.38. The topological polar surface area (TPSA) is 88.1 Å². The Labute approximate surface area is 138 Å². The van der Waals surface area contributed by atoms with Crippen molar-refractivity contribution in [2.45, 2.75) is 32.6 Å². The molecule has 0 radical (unpaired) electrons. The number of nitrogens with one attached hydrogen (secondary N) is 1. The van der Waals surface area contributed by atoms with Gasteiger partial charge in [-0.25, -0.2) is 5.01 Å². The first-order valence-corrected chi connectivity index (χ1v) is 7.69. The van der Waals surface area contributed by atoms with Crippen molar-refractivity contribution in [1.82, 2.24) is 10.3 Å². The Morgan fingerprint density at radius 2 is 1.87 bits per heavy atom. The number of carbonyl (C=O) groups is 3. The SMILES string of the molecule is CC(=O)NC1=NN(C(C)=O)[C@](C)(c2ccccc2OC(C)=O)S1. The summed E-state index contributed by atoms with van der Waals surface area (Å²) in [4.78, 5) is 33.6. The highest BCUT2D eigenvalue weighted by molar-refractivity contribution is 8.14. The third-order valence-electron chi connectivity index (χ3n) is 3.11. The average Bonchev–Trinajstić information content (AvgIpc) is 2.75. The molecule has 0 aromatic heterocycles. The first kappa shape index (κ1) is 17.0. The lowest BCUT2D eigenvalue weighted by Gasteiger charge is -2.32. The van der Waals surface area contributed by atoms with Gasteiger partial charge in [0.25, 0.3) is 0 Å². The normalized spacial score (nSPS) is 20.0. The Kier molecular flexibility index (Phi) is 4.74. The van der Waals surface area contributed by atoms with Gasteiger partial charge in [0, 0.05) is 26.3 Å². The van der Waals surface area contributed by atoms with Crippen LogP contribution in [0, 0.1) is 0 Å². The molecule has 1 N–H and O–H groups in total. The van der Waals surface area contributed by atoms with Crippen molar-refractivity contribution in [1.29, 1.82) is 0 Å². The van der Waals surface area contributed by atoms with Gasteiger partial charge in [-0.15, -0.1) is 5.10 Å². The second-order valence-electron chi connectivity index (χ2n) is 5.09. The molecule has 0 fully saturated rings. The summed E-state index contributed by atoms with van der Waals surface area (Å²) < 4.78 is 5.24. The highest BCUT2D eigenvalue weighted by Crippen LogP contribution is 2.48. The van der Waals surface area contributed by atoms with Gasteiger partial charge in [0.1, 0.15) is 10.6 Å². The maximum Gasteiger partial charge on any atom is 0.308 e. The quantitative estimate of drug-likeness (QED) is 0.657. The predicted octanol–water partition coefficient (Wildman–Crippen LogP) is 1.79. The van der Waals surface area contributed by atoms with E-state index >= 15 is 0 Å². The molecule has 23 heavy (non-hydrogen) atoms. The Morgan fingerprint density at radius 1 is 1.22 bits per heavy atom. The van der Waals surface area contributed by atoms with Gasteiger partial charge in [-0.3, -0.25) is 14.4 Å². The van der Waals surface area contributed by atoms with E-state index in [2.05, 4.69) is 10.4 Å². The Balaban J connectivity index is 2.46. The van der Waals surface area contributed by atoms with Gasteiger partial charge in [0.05, 0.1) is 0 Å². The molecule has 1 atom stereocenters. The van der Waals surface area contributed by atoms with Gasteiger partial charge in [-0.2, -0.15) is 0 Å². The number of benzene rings is 1. The minimum Gasteiger partial charge on any atom is -0.426 e. The van der Waals surface area contributed by atoms with Crippen LogP contribution in [0.1, 0.15) is 33.3 Å². The van der Waals surface area contributed by atoms with E-state index in [0.717, 1.165) is 0 Å². The number of hydrogen-bond donors (Lipinski definition) is 1. The monoisotopic (exact) mass is 335 g/mol. The van der Waals surface area contributed by atoms with Gasteiger partial charge in [0.2, 0.25) is 11.8 Å². The van der Waals surface area contributed by atoms with E-state index in [4.69, 9.17) is 4.74 Å². The average molecular weight is 335 g/mol. The number of para-hydroxylation sites is 1. The van der Waals surface area contributed by atoms with Crippen LogP contribution in [-0.4, -0.2) is 28.0 Å². The third-order valence-corrected chi connectivity index (χ3v) is 4.28. The number of ether oxygens (including phenoxy) is 1. The fourth-order valence-electron chi connectivity index (χ4n) is 2.27. The molecule has 0 saturated carbocycles. The standard InChI is InChI=1S/C15H17N3O4S/c1-9(19)16-14-17-18(10(2)20)15(4,23-14)12-7-5-6-8-13(12)22-11(3)21/h5-8H,1-4H3,(H,16,17,19)/t15-/m0/s1. The van der Waals surface area contributed by atoms with Gasteiger partial charge in [0.15, 0.2) is 5.17 Å². The van der Waals surface area contributed by atoms with Gasteiger partial charge in [-0.1, -0.05) is 30.0 Å². The van der Waals surface area contributed by atoms with Crippen molar-refractivity contribution < 1.29 is 19.1 Å². The van der Waals surface area contributed by atoms with Crippen LogP contribution in [0.15, 0.2) is 29.4 Å². The number of amides is 2. The first-order chi connectivity index (χ1) is 10.7. The maximum absolute atomic E-state index is 12.0. The number of hydrogen-bond acceptors (Lipinski definition) is 6. The van der Waals surface area contributed by atoms with Crippen LogP contribution in [0.3, 0.4) is 0 Å². The molecule has 0 unspecified atom stereocenters.